The van der Waals surface area contributed by atoms with Crippen LogP contribution >= 0.6 is 11.8 Å². The van der Waals surface area contributed by atoms with Gasteiger partial charge in [0.25, 0.3) is 5.95 Å². The van der Waals surface area contributed by atoms with Crippen molar-refractivity contribution in [2.75, 3.05) is 29.3 Å². The molecule has 10 heteroatoms. The Morgan fingerprint density at radius 3 is 2.80 bits per heavy atom. The number of nitrogen functional groups attached to an aromatic ring is 1. The Hall–Kier alpha value is -1.94. The number of hydrazine groups is 1. The van der Waals surface area contributed by atoms with Crippen LogP contribution in [-0.4, -0.2) is 48.3 Å². The summed E-state index contributed by atoms with van der Waals surface area (Å²) in [6, 6.07) is 0. The van der Waals surface area contributed by atoms with Crippen LogP contribution in [0, 0.1) is 5.92 Å². The maximum absolute atomic E-state index is 5.37. The maximum Gasteiger partial charge on any atom is 0.258 e. The molecule has 0 aliphatic rings. The second-order valence-corrected chi connectivity index (χ2v) is 5.12. The number of nitrogens with zero attached hydrogens (tertiary/aromatic N) is 6. The molecule has 2 heterocycles. The fourth-order valence-corrected chi connectivity index (χ4v) is 2.22. The Balaban J connectivity index is 2.14. The maximum atomic E-state index is 5.37. The average molecular weight is 295 g/mol. The van der Waals surface area contributed by atoms with Crippen molar-refractivity contribution in [1.29, 1.82) is 0 Å². The summed E-state index contributed by atoms with van der Waals surface area (Å²) >= 11 is 1.81. The molecule has 2 aromatic rings. The number of hydrogen-bond donors (Lipinski definition) is 3. The molecule has 20 heavy (non-hydrogen) atoms. The smallest absolute Gasteiger partial charge is 0.258 e. The molecular weight excluding hydrogens is 278 g/mol. The van der Waals surface area contributed by atoms with E-state index in [0.717, 1.165) is 12.3 Å². The third kappa shape index (κ3) is 3.78. The SMILES string of the molecule is CSCC(C)CNc1nc(NN)nc(-n2cncn2)n1. The van der Waals surface area contributed by atoms with E-state index >= 15 is 0 Å². The molecule has 2 rings (SSSR count). The van der Waals surface area contributed by atoms with Gasteiger partial charge in [-0.1, -0.05) is 6.92 Å². The summed E-state index contributed by atoms with van der Waals surface area (Å²) < 4.78 is 1.44. The monoisotopic (exact) mass is 295 g/mol. The second-order valence-electron chi connectivity index (χ2n) is 4.21. The minimum absolute atomic E-state index is 0.269. The normalized spacial score (nSPS) is 12.2. The van der Waals surface area contributed by atoms with Crippen LogP contribution in [0.15, 0.2) is 12.7 Å². The average Bonchev–Trinajstić information content (AvgIpc) is 2.99. The number of nitrogens with two attached hydrogens (primary N) is 1. The van der Waals surface area contributed by atoms with E-state index in [1.165, 1.54) is 17.3 Å². The largest absolute Gasteiger partial charge is 0.354 e. The first-order chi connectivity index (χ1) is 9.72. The highest BCUT2D eigenvalue weighted by Crippen LogP contribution is 2.09. The van der Waals surface area contributed by atoms with Crippen LogP contribution in [-0.2, 0) is 0 Å². The first-order valence-corrected chi connectivity index (χ1v) is 7.42. The van der Waals surface area contributed by atoms with E-state index in [1.807, 2.05) is 0 Å². The highest BCUT2D eigenvalue weighted by atomic mass is 32.2. The molecule has 0 radical (unpaired) electrons. The topological polar surface area (TPSA) is 119 Å². The van der Waals surface area contributed by atoms with Crippen molar-refractivity contribution in [2.45, 2.75) is 6.92 Å². The third-order valence-electron chi connectivity index (χ3n) is 2.44. The van der Waals surface area contributed by atoms with Gasteiger partial charge in [0.05, 0.1) is 0 Å². The van der Waals surface area contributed by atoms with Gasteiger partial charge in [-0.15, -0.1) is 0 Å². The molecule has 0 aromatic carbocycles. The molecule has 0 aliphatic heterocycles. The van der Waals surface area contributed by atoms with Crippen molar-refractivity contribution in [2.24, 2.45) is 11.8 Å². The van der Waals surface area contributed by atoms with E-state index in [2.05, 4.69) is 49.0 Å². The molecular formula is C10H17N9S. The number of anilines is 2. The summed E-state index contributed by atoms with van der Waals surface area (Å²) in [5.41, 5.74) is 2.41. The lowest BCUT2D eigenvalue weighted by atomic mass is 10.2. The molecule has 1 atom stereocenters. The van der Waals surface area contributed by atoms with Gasteiger partial charge in [0, 0.05) is 6.54 Å². The molecule has 1 unspecified atom stereocenters. The summed E-state index contributed by atoms with van der Waals surface area (Å²) in [7, 11) is 0. The fraction of sp³-hybridized carbons (Fsp3) is 0.500. The van der Waals surface area contributed by atoms with E-state index in [0.29, 0.717) is 17.8 Å². The van der Waals surface area contributed by atoms with Crippen LogP contribution in [0.4, 0.5) is 11.9 Å². The Bertz CT molecular complexity index is 530. The summed E-state index contributed by atoms with van der Waals surface area (Å²) in [5, 5.41) is 7.15. The van der Waals surface area contributed by atoms with Crippen LogP contribution in [0.5, 0.6) is 0 Å². The van der Waals surface area contributed by atoms with Crippen molar-refractivity contribution < 1.29 is 0 Å². The third-order valence-corrected chi connectivity index (χ3v) is 3.34. The summed E-state index contributed by atoms with van der Waals surface area (Å²) in [5.74, 6) is 8.01. The fourth-order valence-electron chi connectivity index (χ4n) is 1.53. The van der Waals surface area contributed by atoms with E-state index < -0.39 is 0 Å². The molecule has 0 spiro atoms. The van der Waals surface area contributed by atoms with Crippen molar-refractivity contribution in [3.63, 3.8) is 0 Å². The Labute approximate surface area is 120 Å². The van der Waals surface area contributed by atoms with Gasteiger partial charge in [-0.3, -0.25) is 5.43 Å². The van der Waals surface area contributed by atoms with E-state index in [4.69, 9.17) is 5.84 Å². The number of nitrogens with one attached hydrogen (secondary N) is 2. The molecule has 0 saturated carbocycles. The van der Waals surface area contributed by atoms with Gasteiger partial charge in [-0.05, 0) is 17.9 Å². The molecule has 0 fully saturated rings. The van der Waals surface area contributed by atoms with Crippen LogP contribution < -0.4 is 16.6 Å². The lowest BCUT2D eigenvalue weighted by molar-refractivity contribution is 0.694. The van der Waals surface area contributed by atoms with Crippen molar-refractivity contribution in [3.05, 3.63) is 12.7 Å². The van der Waals surface area contributed by atoms with Crippen LogP contribution in [0.3, 0.4) is 0 Å². The van der Waals surface area contributed by atoms with E-state index in [9.17, 15) is 0 Å². The lowest BCUT2D eigenvalue weighted by Crippen LogP contribution is -2.19. The van der Waals surface area contributed by atoms with Gasteiger partial charge in [0.15, 0.2) is 0 Å². The predicted octanol–water partition coefficient (Wildman–Crippen LogP) is 0.149. The number of aromatic nitrogens is 6. The van der Waals surface area contributed by atoms with Crippen LogP contribution in [0.2, 0.25) is 0 Å². The summed E-state index contributed by atoms with van der Waals surface area (Å²) in [4.78, 5) is 16.4. The number of rotatable bonds is 7. The number of thioether (sulfide) groups is 1. The molecule has 2 aromatic heterocycles. The first kappa shape index (κ1) is 14.5. The molecule has 108 valence electrons. The molecule has 9 nitrogen and oxygen atoms in total. The van der Waals surface area contributed by atoms with E-state index in [-0.39, 0.29) is 5.95 Å². The molecule has 0 bridgehead atoms. The highest BCUT2D eigenvalue weighted by Gasteiger charge is 2.09. The second kappa shape index (κ2) is 7.01. The highest BCUT2D eigenvalue weighted by molar-refractivity contribution is 7.98. The zero-order valence-corrected chi connectivity index (χ0v) is 12.1. The molecule has 0 amide bonds. The standard InChI is InChI=1S/C10H17N9S/c1-7(4-20-2)3-13-8-15-9(18-11)17-10(16-8)19-6-12-5-14-19/h5-7H,3-4,11H2,1-2H3,(H2,13,15,16,17,18). The van der Waals surface area contributed by atoms with Gasteiger partial charge in [0.2, 0.25) is 11.9 Å². The Morgan fingerprint density at radius 2 is 2.15 bits per heavy atom. The van der Waals surface area contributed by atoms with E-state index in [1.54, 1.807) is 11.8 Å². The molecule has 0 aliphatic carbocycles. The van der Waals surface area contributed by atoms with Gasteiger partial charge in [-0.2, -0.15) is 36.5 Å². The van der Waals surface area contributed by atoms with Gasteiger partial charge < -0.3 is 5.32 Å². The Morgan fingerprint density at radius 1 is 1.35 bits per heavy atom. The molecule has 0 saturated heterocycles. The molecule has 4 N–H and O–H groups in total. The van der Waals surface area contributed by atoms with Crippen molar-refractivity contribution in [3.8, 4) is 5.95 Å². The van der Waals surface area contributed by atoms with Gasteiger partial charge >= 0.3 is 0 Å². The zero-order chi connectivity index (χ0) is 14.4. The lowest BCUT2D eigenvalue weighted by Gasteiger charge is -2.12. The first-order valence-electron chi connectivity index (χ1n) is 6.03. The zero-order valence-electron chi connectivity index (χ0n) is 11.3. The number of hydrogen-bond acceptors (Lipinski definition) is 9. The Kier molecular flexibility index (Phi) is 5.07. The minimum atomic E-state index is 0.269. The minimum Gasteiger partial charge on any atom is -0.354 e. The predicted molar refractivity (Wildman–Crippen MR) is 78.6 cm³/mol. The van der Waals surface area contributed by atoms with Crippen LogP contribution in [0.25, 0.3) is 5.95 Å². The van der Waals surface area contributed by atoms with Crippen molar-refractivity contribution >= 4 is 23.7 Å². The van der Waals surface area contributed by atoms with Gasteiger partial charge in [0.1, 0.15) is 12.7 Å². The van der Waals surface area contributed by atoms with Crippen molar-refractivity contribution in [1.82, 2.24) is 29.7 Å². The quantitative estimate of drug-likeness (QED) is 0.484. The van der Waals surface area contributed by atoms with Gasteiger partial charge in [-0.25, -0.2) is 10.8 Å². The summed E-state index contributed by atoms with van der Waals surface area (Å²) in [6.07, 6.45) is 5.00. The van der Waals surface area contributed by atoms with Crippen LogP contribution in [0.1, 0.15) is 6.92 Å². The summed E-state index contributed by atoms with van der Waals surface area (Å²) in [6.45, 7) is 2.93.